The molecule has 0 aliphatic carbocycles. The molecule has 0 spiro atoms. The Hall–Kier alpha value is -1.82. The summed E-state index contributed by atoms with van der Waals surface area (Å²) in [4.78, 5) is 15.7. The second-order valence-corrected chi connectivity index (χ2v) is 4.31. The molecule has 90 valence electrons. The standard InChI is InChI=1S/C11H12N2O3S/c1-15-11(14)9-2-3-10(17-9)16-7-6-13-5-4-12-8-13/h2-5,8H,6-7H2,1H3. The average Bonchev–Trinajstić information content (AvgIpc) is 2.99. The molecule has 0 aromatic carbocycles. The Morgan fingerprint density at radius 2 is 2.41 bits per heavy atom. The van der Waals surface area contributed by atoms with Gasteiger partial charge in [0.15, 0.2) is 5.06 Å². The zero-order chi connectivity index (χ0) is 12.1. The number of hydrogen-bond acceptors (Lipinski definition) is 5. The molecule has 6 heteroatoms. The maximum atomic E-state index is 11.2. The number of carbonyl (C=O) groups excluding carboxylic acids is 1. The molecule has 2 heterocycles. The number of aromatic nitrogens is 2. The molecule has 2 rings (SSSR count). The minimum absolute atomic E-state index is 0.334. The maximum Gasteiger partial charge on any atom is 0.348 e. The fourth-order valence-corrected chi connectivity index (χ4v) is 2.08. The van der Waals surface area contributed by atoms with Gasteiger partial charge in [-0.25, -0.2) is 9.78 Å². The van der Waals surface area contributed by atoms with E-state index >= 15 is 0 Å². The fourth-order valence-electron chi connectivity index (χ4n) is 1.28. The molecule has 0 atom stereocenters. The highest BCUT2D eigenvalue weighted by atomic mass is 32.1. The molecular formula is C11H12N2O3S. The summed E-state index contributed by atoms with van der Waals surface area (Å²) < 4.78 is 12.1. The molecular weight excluding hydrogens is 240 g/mol. The molecule has 2 aromatic rings. The van der Waals surface area contributed by atoms with Crippen LogP contribution >= 0.6 is 11.3 Å². The molecule has 0 fully saturated rings. The van der Waals surface area contributed by atoms with Crippen LogP contribution in [0, 0.1) is 0 Å². The van der Waals surface area contributed by atoms with E-state index in [9.17, 15) is 4.79 Å². The number of carbonyl (C=O) groups is 1. The summed E-state index contributed by atoms with van der Waals surface area (Å²) in [5, 5.41) is 0.713. The van der Waals surface area contributed by atoms with Gasteiger partial charge in [0, 0.05) is 12.4 Å². The van der Waals surface area contributed by atoms with Crippen LogP contribution < -0.4 is 4.74 Å². The predicted molar refractivity (Wildman–Crippen MR) is 63.4 cm³/mol. The van der Waals surface area contributed by atoms with Crippen molar-refractivity contribution >= 4 is 17.3 Å². The summed E-state index contributed by atoms with van der Waals surface area (Å²) in [6.07, 6.45) is 5.33. The molecule has 0 unspecified atom stereocenters. The van der Waals surface area contributed by atoms with Gasteiger partial charge in [0.25, 0.3) is 0 Å². The second-order valence-electron chi connectivity index (χ2n) is 3.26. The second kappa shape index (κ2) is 5.49. The van der Waals surface area contributed by atoms with Crippen LogP contribution in [0.3, 0.4) is 0 Å². The lowest BCUT2D eigenvalue weighted by Gasteiger charge is -2.03. The lowest BCUT2D eigenvalue weighted by molar-refractivity contribution is 0.0606. The summed E-state index contributed by atoms with van der Waals surface area (Å²) in [6, 6.07) is 3.47. The van der Waals surface area contributed by atoms with Crippen LogP contribution in [0.5, 0.6) is 5.06 Å². The molecule has 0 aliphatic rings. The Bertz CT molecular complexity index is 479. The zero-order valence-electron chi connectivity index (χ0n) is 9.33. The van der Waals surface area contributed by atoms with Crippen molar-refractivity contribution in [1.29, 1.82) is 0 Å². The van der Waals surface area contributed by atoms with Gasteiger partial charge in [-0.15, -0.1) is 0 Å². The Balaban J connectivity index is 1.83. The van der Waals surface area contributed by atoms with Crippen molar-refractivity contribution in [1.82, 2.24) is 9.55 Å². The van der Waals surface area contributed by atoms with Crippen LogP contribution in [0.1, 0.15) is 9.67 Å². The largest absolute Gasteiger partial charge is 0.482 e. The first-order valence-electron chi connectivity index (χ1n) is 5.06. The number of esters is 1. The maximum absolute atomic E-state index is 11.2. The fraction of sp³-hybridized carbons (Fsp3) is 0.273. The molecule has 0 saturated heterocycles. The van der Waals surface area contributed by atoms with E-state index in [1.807, 2.05) is 10.8 Å². The molecule has 5 nitrogen and oxygen atoms in total. The average molecular weight is 252 g/mol. The lowest BCUT2D eigenvalue weighted by atomic mass is 10.5. The van der Waals surface area contributed by atoms with E-state index in [1.54, 1.807) is 24.7 Å². The van der Waals surface area contributed by atoms with Crippen LogP contribution in [-0.4, -0.2) is 29.2 Å². The number of ether oxygens (including phenoxy) is 2. The third-order valence-electron chi connectivity index (χ3n) is 2.12. The van der Waals surface area contributed by atoms with E-state index in [0.29, 0.717) is 16.5 Å². The van der Waals surface area contributed by atoms with Gasteiger partial charge in [-0.1, -0.05) is 11.3 Å². The lowest BCUT2D eigenvalue weighted by Crippen LogP contribution is -2.05. The Morgan fingerprint density at radius 1 is 1.53 bits per heavy atom. The molecule has 0 amide bonds. The van der Waals surface area contributed by atoms with Gasteiger partial charge >= 0.3 is 5.97 Å². The number of nitrogens with zero attached hydrogens (tertiary/aromatic N) is 2. The van der Waals surface area contributed by atoms with Gasteiger partial charge in [0.1, 0.15) is 11.5 Å². The summed E-state index contributed by atoms with van der Waals surface area (Å²) in [7, 11) is 1.36. The van der Waals surface area contributed by atoms with E-state index < -0.39 is 0 Å². The van der Waals surface area contributed by atoms with Crippen LogP contribution in [0.2, 0.25) is 0 Å². The molecule has 0 saturated carbocycles. The van der Waals surface area contributed by atoms with Crippen molar-refractivity contribution in [3.63, 3.8) is 0 Å². The van der Waals surface area contributed by atoms with E-state index in [1.165, 1.54) is 18.4 Å². The molecule has 0 radical (unpaired) electrons. The van der Waals surface area contributed by atoms with Crippen molar-refractivity contribution in [2.75, 3.05) is 13.7 Å². The van der Waals surface area contributed by atoms with Crippen molar-refractivity contribution in [2.24, 2.45) is 0 Å². The third-order valence-corrected chi connectivity index (χ3v) is 3.10. The first-order valence-corrected chi connectivity index (χ1v) is 5.88. The quantitative estimate of drug-likeness (QED) is 0.761. The number of rotatable bonds is 5. The van der Waals surface area contributed by atoms with Crippen LogP contribution in [-0.2, 0) is 11.3 Å². The summed E-state index contributed by atoms with van der Waals surface area (Å²) in [6.45, 7) is 1.27. The van der Waals surface area contributed by atoms with Crippen LogP contribution in [0.15, 0.2) is 30.9 Å². The molecule has 0 N–H and O–H groups in total. The van der Waals surface area contributed by atoms with E-state index in [-0.39, 0.29) is 5.97 Å². The summed E-state index contributed by atoms with van der Waals surface area (Å²) >= 11 is 1.28. The third kappa shape index (κ3) is 3.07. The molecule has 0 bridgehead atoms. The Morgan fingerprint density at radius 3 is 3.12 bits per heavy atom. The smallest absolute Gasteiger partial charge is 0.348 e. The predicted octanol–water partition coefficient (Wildman–Crippen LogP) is 1.81. The molecule has 0 aliphatic heterocycles. The van der Waals surface area contributed by atoms with Crippen molar-refractivity contribution in [2.45, 2.75) is 6.54 Å². The van der Waals surface area contributed by atoms with Crippen LogP contribution in [0.25, 0.3) is 0 Å². The van der Waals surface area contributed by atoms with E-state index in [0.717, 1.165) is 6.54 Å². The highest BCUT2D eigenvalue weighted by molar-refractivity contribution is 7.15. The van der Waals surface area contributed by atoms with Crippen molar-refractivity contribution in [3.8, 4) is 5.06 Å². The molecule has 17 heavy (non-hydrogen) atoms. The topological polar surface area (TPSA) is 53.4 Å². The number of imidazole rings is 1. The zero-order valence-corrected chi connectivity index (χ0v) is 10.1. The number of thiophene rings is 1. The highest BCUT2D eigenvalue weighted by Crippen LogP contribution is 2.24. The van der Waals surface area contributed by atoms with E-state index in [2.05, 4.69) is 9.72 Å². The SMILES string of the molecule is COC(=O)c1ccc(OCCn2ccnc2)s1. The number of hydrogen-bond donors (Lipinski definition) is 0. The van der Waals surface area contributed by atoms with Gasteiger partial charge < -0.3 is 14.0 Å². The first kappa shape index (κ1) is 11.7. The molecule has 2 aromatic heterocycles. The van der Waals surface area contributed by atoms with Gasteiger partial charge in [0.05, 0.1) is 20.0 Å². The number of methoxy groups -OCH3 is 1. The Kier molecular flexibility index (Phi) is 3.77. The normalized spacial score (nSPS) is 10.2. The van der Waals surface area contributed by atoms with Gasteiger partial charge in [-0.2, -0.15) is 0 Å². The van der Waals surface area contributed by atoms with Gasteiger partial charge in [-0.3, -0.25) is 0 Å². The highest BCUT2D eigenvalue weighted by Gasteiger charge is 2.09. The van der Waals surface area contributed by atoms with Gasteiger partial charge in [-0.05, 0) is 12.1 Å². The summed E-state index contributed by atoms with van der Waals surface area (Å²) in [5.41, 5.74) is 0. The minimum Gasteiger partial charge on any atom is -0.482 e. The van der Waals surface area contributed by atoms with Crippen LogP contribution in [0.4, 0.5) is 0 Å². The van der Waals surface area contributed by atoms with Crippen molar-refractivity contribution < 1.29 is 14.3 Å². The minimum atomic E-state index is -0.334. The van der Waals surface area contributed by atoms with Gasteiger partial charge in [0.2, 0.25) is 0 Å². The summed E-state index contributed by atoms with van der Waals surface area (Å²) in [5.74, 6) is -0.334. The monoisotopic (exact) mass is 252 g/mol. The van der Waals surface area contributed by atoms with Crippen molar-refractivity contribution in [3.05, 3.63) is 35.7 Å². The first-order chi connectivity index (χ1) is 8.29. The van der Waals surface area contributed by atoms with E-state index in [4.69, 9.17) is 4.74 Å². The Labute approximate surface area is 103 Å².